The molecule has 0 fully saturated rings. The van der Waals surface area contributed by atoms with Crippen molar-refractivity contribution in [3.63, 3.8) is 0 Å². The Labute approximate surface area is 113 Å². The highest BCUT2D eigenvalue weighted by atomic mass is 16.6. The zero-order chi connectivity index (χ0) is 14.5. The lowest BCUT2D eigenvalue weighted by Gasteiger charge is -2.19. The number of alkyl carbamates (subject to hydrolysis) is 1. The molecule has 0 aliphatic carbocycles. The Morgan fingerprint density at radius 1 is 1.37 bits per heavy atom. The summed E-state index contributed by atoms with van der Waals surface area (Å²) < 4.78 is 10.3. The Hall–Kier alpha value is -1.91. The number of hydrogen-bond donors (Lipinski definition) is 2. The van der Waals surface area contributed by atoms with E-state index in [1.54, 1.807) is 25.3 Å². The fourth-order valence-electron chi connectivity index (χ4n) is 1.57. The second kappa shape index (κ2) is 6.31. The topological polar surface area (TPSA) is 67.8 Å². The molecule has 0 saturated heterocycles. The molecule has 0 aromatic heterocycles. The van der Waals surface area contributed by atoms with Crippen molar-refractivity contribution in [3.05, 3.63) is 23.8 Å². The van der Waals surface area contributed by atoms with Crippen LogP contribution in [0.5, 0.6) is 11.5 Å². The van der Waals surface area contributed by atoms with Crippen molar-refractivity contribution in [2.75, 3.05) is 13.7 Å². The maximum Gasteiger partial charge on any atom is 0.407 e. The first-order valence-electron chi connectivity index (χ1n) is 6.14. The fraction of sp³-hybridized carbons (Fsp3) is 0.500. The second-order valence-electron chi connectivity index (χ2n) is 5.17. The van der Waals surface area contributed by atoms with Gasteiger partial charge in [0, 0.05) is 6.54 Å². The van der Waals surface area contributed by atoms with Gasteiger partial charge >= 0.3 is 6.09 Å². The number of benzene rings is 1. The minimum absolute atomic E-state index is 0.174. The third kappa shape index (κ3) is 5.50. The first kappa shape index (κ1) is 15.1. The zero-order valence-corrected chi connectivity index (χ0v) is 11.8. The van der Waals surface area contributed by atoms with E-state index in [-0.39, 0.29) is 5.75 Å². The van der Waals surface area contributed by atoms with E-state index < -0.39 is 11.7 Å². The van der Waals surface area contributed by atoms with Crippen molar-refractivity contribution < 1.29 is 19.4 Å². The molecular formula is C14H21NO4. The standard InChI is InChI=1S/C14H21NO4/c1-14(2,3)19-13(17)15-8-7-10-9-11(16)5-6-12(10)18-4/h5-6,9,16H,7-8H2,1-4H3,(H,15,17). The van der Waals surface area contributed by atoms with Gasteiger partial charge in [0.2, 0.25) is 0 Å². The van der Waals surface area contributed by atoms with Gasteiger partial charge in [0.25, 0.3) is 0 Å². The predicted molar refractivity (Wildman–Crippen MR) is 72.6 cm³/mol. The van der Waals surface area contributed by atoms with Crippen molar-refractivity contribution in [3.8, 4) is 11.5 Å². The minimum atomic E-state index is -0.507. The number of phenolic OH excluding ortho intramolecular Hbond substituents is 1. The van der Waals surface area contributed by atoms with E-state index >= 15 is 0 Å². The van der Waals surface area contributed by atoms with Crippen LogP contribution < -0.4 is 10.1 Å². The maximum absolute atomic E-state index is 11.5. The van der Waals surface area contributed by atoms with Gasteiger partial charge in [-0.25, -0.2) is 4.79 Å². The average Bonchev–Trinajstić information content (AvgIpc) is 2.27. The SMILES string of the molecule is COc1ccc(O)cc1CCNC(=O)OC(C)(C)C. The van der Waals surface area contributed by atoms with Gasteiger partial charge in [0.05, 0.1) is 7.11 Å². The summed E-state index contributed by atoms with van der Waals surface area (Å²) in [6, 6.07) is 4.87. The number of nitrogens with one attached hydrogen (secondary N) is 1. The molecule has 2 N–H and O–H groups in total. The van der Waals surface area contributed by atoms with E-state index in [9.17, 15) is 9.90 Å². The number of amides is 1. The Bertz CT molecular complexity index is 438. The lowest BCUT2D eigenvalue weighted by atomic mass is 10.1. The molecule has 5 nitrogen and oxygen atoms in total. The molecule has 1 rings (SSSR count). The lowest BCUT2D eigenvalue weighted by Crippen LogP contribution is -2.33. The largest absolute Gasteiger partial charge is 0.508 e. The first-order chi connectivity index (χ1) is 8.81. The minimum Gasteiger partial charge on any atom is -0.508 e. The number of phenols is 1. The smallest absolute Gasteiger partial charge is 0.407 e. The van der Waals surface area contributed by atoms with E-state index in [0.29, 0.717) is 18.7 Å². The van der Waals surface area contributed by atoms with Crippen LogP contribution in [0.1, 0.15) is 26.3 Å². The van der Waals surface area contributed by atoms with Gasteiger partial charge < -0.3 is 19.9 Å². The van der Waals surface area contributed by atoms with E-state index in [1.807, 2.05) is 20.8 Å². The second-order valence-corrected chi connectivity index (χ2v) is 5.17. The molecule has 5 heteroatoms. The van der Waals surface area contributed by atoms with Gasteiger partial charge in [-0.2, -0.15) is 0 Å². The molecule has 1 aromatic rings. The number of carbonyl (C=O) groups excluding carboxylic acids is 1. The monoisotopic (exact) mass is 267 g/mol. The lowest BCUT2D eigenvalue weighted by molar-refractivity contribution is 0.0528. The van der Waals surface area contributed by atoms with Crippen LogP contribution in [0.3, 0.4) is 0 Å². The quantitative estimate of drug-likeness (QED) is 0.879. The van der Waals surface area contributed by atoms with Gasteiger partial charge in [-0.05, 0) is 51.0 Å². The van der Waals surface area contributed by atoms with Crippen LogP contribution >= 0.6 is 0 Å². The summed E-state index contributed by atoms with van der Waals surface area (Å²) in [4.78, 5) is 11.5. The highest BCUT2D eigenvalue weighted by Gasteiger charge is 2.15. The van der Waals surface area contributed by atoms with Crippen LogP contribution in [0, 0.1) is 0 Å². The summed E-state index contributed by atoms with van der Waals surface area (Å²) in [5, 5.41) is 12.1. The van der Waals surface area contributed by atoms with Crippen molar-refractivity contribution >= 4 is 6.09 Å². The van der Waals surface area contributed by atoms with E-state index in [0.717, 1.165) is 5.56 Å². The van der Waals surface area contributed by atoms with Crippen molar-refractivity contribution in [1.82, 2.24) is 5.32 Å². The van der Waals surface area contributed by atoms with Crippen LogP contribution in [-0.2, 0) is 11.2 Å². The number of methoxy groups -OCH3 is 1. The molecule has 0 heterocycles. The molecule has 0 aliphatic rings. The van der Waals surface area contributed by atoms with E-state index in [4.69, 9.17) is 9.47 Å². The Morgan fingerprint density at radius 2 is 2.05 bits per heavy atom. The van der Waals surface area contributed by atoms with Crippen molar-refractivity contribution in [2.24, 2.45) is 0 Å². The molecule has 0 bridgehead atoms. The highest BCUT2D eigenvalue weighted by Crippen LogP contribution is 2.23. The number of ether oxygens (including phenoxy) is 2. The van der Waals surface area contributed by atoms with Gasteiger partial charge in [-0.1, -0.05) is 0 Å². The average molecular weight is 267 g/mol. The van der Waals surface area contributed by atoms with Gasteiger partial charge in [-0.15, -0.1) is 0 Å². The Kier molecular flexibility index (Phi) is 5.03. The van der Waals surface area contributed by atoms with Crippen LogP contribution in [0.4, 0.5) is 4.79 Å². The summed E-state index contributed by atoms with van der Waals surface area (Å²) in [5.41, 5.74) is 0.325. The van der Waals surface area contributed by atoms with Gasteiger partial charge in [-0.3, -0.25) is 0 Å². The highest BCUT2D eigenvalue weighted by molar-refractivity contribution is 5.67. The van der Waals surface area contributed by atoms with Gasteiger partial charge in [0.1, 0.15) is 17.1 Å². The van der Waals surface area contributed by atoms with Crippen LogP contribution in [0.25, 0.3) is 0 Å². The van der Waals surface area contributed by atoms with Gasteiger partial charge in [0.15, 0.2) is 0 Å². The number of rotatable bonds is 4. The molecule has 1 aromatic carbocycles. The Morgan fingerprint density at radius 3 is 2.63 bits per heavy atom. The van der Waals surface area contributed by atoms with Crippen LogP contribution in [0.15, 0.2) is 18.2 Å². The third-order valence-corrected chi connectivity index (χ3v) is 2.33. The molecule has 0 unspecified atom stereocenters. The summed E-state index contributed by atoms with van der Waals surface area (Å²) in [6.07, 6.45) is 0.100. The molecule has 19 heavy (non-hydrogen) atoms. The molecule has 106 valence electrons. The van der Waals surface area contributed by atoms with E-state index in [1.165, 1.54) is 0 Å². The molecule has 0 aliphatic heterocycles. The number of hydrogen-bond acceptors (Lipinski definition) is 4. The molecule has 0 radical (unpaired) electrons. The maximum atomic E-state index is 11.5. The molecular weight excluding hydrogens is 246 g/mol. The summed E-state index contributed by atoms with van der Waals surface area (Å²) in [6.45, 7) is 5.84. The molecule has 0 atom stereocenters. The fourth-order valence-corrected chi connectivity index (χ4v) is 1.57. The van der Waals surface area contributed by atoms with Crippen molar-refractivity contribution in [1.29, 1.82) is 0 Å². The number of aromatic hydroxyl groups is 1. The number of carbonyl (C=O) groups is 1. The molecule has 0 spiro atoms. The Balaban J connectivity index is 2.49. The van der Waals surface area contributed by atoms with E-state index in [2.05, 4.69) is 5.32 Å². The first-order valence-corrected chi connectivity index (χ1v) is 6.14. The normalized spacial score (nSPS) is 10.9. The summed E-state index contributed by atoms with van der Waals surface area (Å²) in [5.74, 6) is 0.858. The molecule has 0 saturated carbocycles. The third-order valence-electron chi connectivity index (χ3n) is 2.33. The predicted octanol–water partition coefficient (Wildman–Crippen LogP) is 2.47. The summed E-state index contributed by atoms with van der Waals surface area (Å²) in [7, 11) is 1.57. The van der Waals surface area contributed by atoms with Crippen LogP contribution in [0.2, 0.25) is 0 Å². The summed E-state index contributed by atoms with van der Waals surface area (Å²) >= 11 is 0. The van der Waals surface area contributed by atoms with Crippen molar-refractivity contribution in [2.45, 2.75) is 32.8 Å². The molecule has 1 amide bonds. The van der Waals surface area contributed by atoms with Crippen LogP contribution in [-0.4, -0.2) is 30.5 Å². The zero-order valence-electron chi connectivity index (χ0n) is 11.8.